The average Bonchev–Trinajstić information content (AvgIpc) is 3.16. The molecule has 1 aliphatic heterocycles. The Morgan fingerprint density at radius 3 is 1.48 bits per heavy atom. The van der Waals surface area contributed by atoms with Gasteiger partial charge in [-0.05, 0) is 91.9 Å². The van der Waals surface area contributed by atoms with Crippen molar-refractivity contribution >= 4 is 17.9 Å². The number of allylic oxidation sites excluding steroid dienone is 2. The van der Waals surface area contributed by atoms with Crippen LogP contribution in [0.2, 0.25) is 0 Å². The van der Waals surface area contributed by atoms with E-state index >= 15 is 0 Å². The predicted octanol–water partition coefficient (Wildman–Crippen LogP) is 11.2. The first-order valence-corrected chi connectivity index (χ1v) is 22.3. The monoisotopic (exact) mass is 761 g/mol. The van der Waals surface area contributed by atoms with Crippen molar-refractivity contribution < 1.29 is 28.6 Å². The molecule has 8 heteroatoms. The van der Waals surface area contributed by atoms with Crippen molar-refractivity contribution in [2.24, 2.45) is 5.41 Å². The molecule has 314 valence electrons. The molecule has 0 bridgehead atoms. The lowest BCUT2D eigenvalue weighted by Crippen LogP contribution is -2.62. The molecule has 0 atom stereocenters. The summed E-state index contributed by atoms with van der Waals surface area (Å²) in [6, 6.07) is 0. The number of hydrogen-bond acceptors (Lipinski definition) is 8. The molecule has 0 unspecified atom stereocenters. The highest BCUT2D eigenvalue weighted by molar-refractivity contribution is 5.78. The smallest absolute Gasteiger partial charge is 0.313 e. The second-order valence-corrected chi connectivity index (χ2v) is 16.6. The van der Waals surface area contributed by atoms with Crippen molar-refractivity contribution in [1.82, 2.24) is 10.2 Å². The van der Waals surface area contributed by atoms with E-state index in [1.54, 1.807) is 0 Å². The molecule has 0 radical (unpaired) electrons. The van der Waals surface area contributed by atoms with Gasteiger partial charge < -0.3 is 19.5 Å². The summed E-state index contributed by atoms with van der Waals surface area (Å²) >= 11 is 0. The van der Waals surface area contributed by atoms with Crippen LogP contribution in [0, 0.1) is 5.41 Å². The largest absolute Gasteiger partial charge is 0.462 e. The molecule has 0 aromatic heterocycles. The van der Waals surface area contributed by atoms with E-state index in [0.29, 0.717) is 26.1 Å². The highest BCUT2D eigenvalue weighted by atomic mass is 16.5. The number of hydrogen-bond donors (Lipinski definition) is 1. The Morgan fingerprint density at radius 1 is 0.593 bits per heavy atom. The van der Waals surface area contributed by atoms with Crippen LogP contribution in [0.5, 0.6) is 0 Å². The first kappa shape index (κ1) is 49.8. The number of nitrogens with zero attached hydrogens (tertiary/aromatic N) is 1. The van der Waals surface area contributed by atoms with Gasteiger partial charge >= 0.3 is 17.9 Å². The predicted molar refractivity (Wildman–Crippen MR) is 225 cm³/mol. The van der Waals surface area contributed by atoms with Gasteiger partial charge in [0, 0.05) is 44.6 Å². The van der Waals surface area contributed by atoms with Crippen molar-refractivity contribution in [3.05, 3.63) is 24.3 Å². The zero-order valence-electron chi connectivity index (χ0n) is 36.0. The standard InChI is InChI=1S/C46H84N2O6/c1-7-9-11-13-15-23-29-39-52-42(49)33-27-21-17-19-25-31-41(54-44(51)45(3,4)46(5,6)48-37-35-47-36-38-48)32-26-20-18-22-28-34-43(50)53-40-30-24-16-14-12-10-8-2/h23-24,29-30,41,47H,7-22,25-28,31-40H2,1-6H3/b29-23-,30-24-. The first-order chi connectivity index (χ1) is 26.1. The highest BCUT2D eigenvalue weighted by Gasteiger charge is 2.48. The van der Waals surface area contributed by atoms with Crippen LogP contribution >= 0.6 is 0 Å². The Hall–Kier alpha value is -2.19. The van der Waals surface area contributed by atoms with E-state index in [9.17, 15) is 14.4 Å². The molecule has 0 aromatic carbocycles. The van der Waals surface area contributed by atoms with E-state index < -0.39 is 5.41 Å². The molecule has 0 spiro atoms. The van der Waals surface area contributed by atoms with E-state index in [2.05, 4.69) is 50.1 Å². The van der Waals surface area contributed by atoms with Crippen molar-refractivity contribution in [3.63, 3.8) is 0 Å². The minimum absolute atomic E-state index is 0.0973. The third-order valence-corrected chi connectivity index (χ3v) is 11.5. The van der Waals surface area contributed by atoms with E-state index in [-0.39, 0.29) is 29.6 Å². The second-order valence-electron chi connectivity index (χ2n) is 16.6. The van der Waals surface area contributed by atoms with Crippen molar-refractivity contribution in [2.45, 2.75) is 207 Å². The number of carbonyl (C=O) groups is 3. The van der Waals surface area contributed by atoms with Crippen molar-refractivity contribution in [2.75, 3.05) is 39.4 Å². The molecule has 54 heavy (non-hydrogen) atoms. The Morgan fingerprint density at radius 2 is 1.02 bits per heavy atom. The summed E-state index contributed by atoms with van der Waals surface area (Å²) < 4.78 is 17.1. The summed E-state index contributed by atoms with van der Waals surface area (Å²) in [7, 11) is 0. The van der Waals surface area contributed by atoms with Gasteiger partial charge in [-0.25, -0.2) is 0 Å². The van der Waals surface area contributed by atoms with Gasteiger partial charge in [-0.15, -0.1) is 0 Å². The number of carbonyl (C=O) groups excluding carboxylic acids is 3. The Bertz CT molecular complexity index is 965. The maximum absolute atomic E-state index is 13.8. The molecular formula is C46H84N2O6. The van der Waals surface area contributed by atoms with Crippen LogP contribution in [0.25, 0.3) is 0 Å². The van der Waals surface area contributed by atoms with Gasteiger partial charge in [0.05, 0.1) is 5.41 Å². The summed E-state index contributed by atoms with van der Waals surface area (Å²) in [5.41, 5.74) is -0.977. The van der Waals surface area contributed by atoms with Crippen LogP contribution in [-0.2, 0) is 28.6 Å². The number of rotatable bonds is 34. The van der Waals surface area contributed by atoms with Gasteiger partial charge in [-0.1, -0.05) is 115 Å². The second kappa shape index (κ2) is 32.0. The maximum Gasteiger partial charge on any atom is 0.313 e. The number of nitrogens with one attached hydrogen (secondary N) is 1. The van der Waals surface area contributed by atoms with Crippen molar-refractivity contribution in [1.29, 1.82) is 0 Å². The fraction of sp³-hybridized carbons (Fsp3) is 0.848. The Labute approximate surface area is 332 Å². The summed E-state index contributed by atoms with van der Waals surface area (Å²) in [5, 5.41) is 3.42. The van der Waals surface area contributed by atoms with Crippen LogP contribution < -0.4 is 5.32 Å². The lowest BCUT2D eigenvalue weighted by Gasteiger charge is -2.49. The molecule has 0 aliphatic carbocycles. The zero-order valence-corrected chi connectivity index (χ0v) is 36.0. The van der Waals surface area contributed by atoms with Gasteiger partial charge in [0.2, 0.25) is 0 Å². The highest BCUT2D eigenvalue weighted by Crippen LogP contribution is 2.38. The molecule has 1 fully saturated rings. The van der Waals surface area contributed by atoms with Crippen LogP contribution in [0.1, 0.15) is 196 Å². The third-order valence-electron chi connectivity index (χ3n) is 11.5. The molecule has 1 heterocycles. The average molecular weight is 761 g/mol. The van der Waals surface area contributed by atoms with Crippen LogP contribution in [0.15, 0.2) is 24.3 Å². The zero-order chi connectivity index (χ0) is 39.8. The topological polar surface area (TPSA) is 94.2 Å². The Kier molecular flexibility index (Phi) is 29.5. The third kappa shape index (κ3) is 23.7. The molecule has 8 nitrogen and oxygen atoms in total. The molecule has 0 saturated carbocycles. The number of ether oxygens (including phenoxy) is 3. The number of piperazine rings is 1. The summed E-state index contributed by atoms with van der Waals surface area (Å²) in [4.78, 5) is 40.5. The molecule has 1 aliphatic rings. The van der Waals surface area contributed by atoms with Gasteiger partial charge in [-0.3, -0.25) is 19.3 Å². The van der Waals surface area contributed by atoms with E-state index in [0.717, 1.165) is 116 Å². The summed E-state index contributed by atoms with van der Waals surface area (Å²) in [6.45, 7) is 17.4. The number of esters is 3. The maximum atomic E-state index is 13.8. The molecule has 0 amide bonds. The molecule has 1 saturated heterocycles. The quantitative estimate of drug-likeness (QED) is 0.0300. The minimum Gasteiger partial charge on any atom is -0.462 e. The van der Waals surface area contributed by atoms with E-state index in [1.165, 1.54) is 51.4 Å². The molecule has 1 N–H and O–H groups in total. The van der Waals surface area contributed by atoms with Crippen molar-refractivity contribution in [3.8, 4) is 0 Å². The normalized spacial score (nSPS) is 14.4. The lowest BCUT2D eigenvalue weighted by atomic mass is 9.73. The minimum atomic E-state index is -0.652. The lowest BCUT2D eigenvalue weighted by molar-refractivity contribution is -0.169. The van der Waals surface area contributed by atoms with E-state index in [1.807, 2.05) is 26.0 Å². The summed E-state index contributed by atoms with van der Waals surface area (Å²) in [5.74, 6) is -0.328. The van der Waals surface area contributed by atoms with Crippen LogP contribution in [-0.4, -0.2) is 73.8 Å². The van der Waals surface area contributed by atoms with Crippen LogP contribution in [0.4, 0.5) is 0 Å². The molecule has 1 rings (SSSR count). The van der Waals surface area contributed by atoms with Gasteiger partial charge in [0.1, 0.15) is 19.3 Å². The van der Waals surface area contributed by atoms with Gasteiger partial charge in [-0.2, -0.15) is 0 Å². The fourth-order valence-electron chi connectivity index (χ4n) is 6.95. The molecule has 0 aromatic rings. The fourth-order valence-corrected chi connectivity index (χ4v) is 6.95. The van der Waals surface area contributed by atoms with Gasteiger partial charge in [0.25, 0.3) is 0 Å². The Balaban J connectivity index is 2.43. The SMILES string of the molecule is CCCCCC/C=C\COC(=O)CCCCCCCC(CCCCCCCC(=O)OC/C=C\CCCCCC)OC(=O)C(C)(C)C(C)(C)N1CCNCC1. The first-order valence-electron chi connectivity index (χ1n) is 22.3. The molecular weight excluding hydrogens is 677 g/mol. The number of unbranched alkanes of at least 4 members (excludes halogenated alkanes) is 16. The van der Waals surface area contributed by atoms with E-state index in [4.69, 9.17) is 14.2 Å². The summed E-state index contributed by atoms with van der Waals surface area (Å²) in [6.07, 6.45) is 32.8. The van der Waals surface area contributed by atoms with Crippen LogP contribution in [0.3, 0.4) is 0 Å². The van der Waals surface area contributed by atoms with Gasteiger partial charge in [0.15, 0.2) is 0 Å².